The highest BCUT2D eigenvalue weighted by atomic mass is 16.5. The van der Waals surface area contributed by atoms with Crippen molar-refractivity contribution in [1.29, 1.82) is 0 Å². The van der Waals surface area contributed by atoms with E-state index >= 15 is 0 Å². The number of H-pyrrole nitrogens is 1. The number of anilines is 1. The third-order valence-corrected chi connectivity index (χ3v) is 5.73. The van der Waals surface area contributed by atoms with Gasteiger partial charge in [-0.05, 0) is 36.9 Å². The maximum absolute atomic E-state index is 6.07. The highest BCUT2D eigenvalue weighted by Gasteiger charge is 2.17. The van der Waals surface area contributed by atoms with Crippen LogP contribution in [-0.2, 0) is 16.0 Å². The lowest BCUT2D eigenvalue weighted by molar-refractivity contribution is 0.0837. The Labute approximate surface area is 176 Å². The van der Waals surface area contributed by atoms with Gasteiger partial charge in [-0.3, -0.25) is 10.00 Å². The molecule has 0 unspecified atom stereocenters. The zero-order valence-electron chi connectivity index (χ0n) is 17.4. The van der Waals surface area contributed by atoms with Crippen molar-refractivity contribution >= 4 is 16.6 Å². The summed E-state index contributed by atoms with van der Waals surface area (Å²) < 4.78 is 17.4. The minimum Gasteiger partial charge on any atom is -0.491 e. The van der Waals surface area contributed by atoms with E-state index in [0.29, 0.717) is 19.8 Å². The molecule has 0 spiro atoms. The van der Waals surface area contributed by atoms with Crippen LogP contribution in [0, 0.1) is 0 Å². The molecule has 2 aliphatic rings. The van der Waals surface area contributed by atoms with E-state index in [4.69, 9.17) is 14.2 Å². The van der Waals surface area contributed by atoms with Crippen LogP contribution in [0.1, 0.15) is 5.56 Å². The molecule has 0 saturated carbocycles. The third-order valence-electron chi connectivity index (χ3n) is 5.73. The topological polar surface area (TPSA) is 62.9 Å². The number of ether oxygens (including phenoxy) is 3. The fourth-order valence-electron chi connectivity index (χ4n) is 4.12. The number of likely N-dealkylation sites (N-methyl/N-ethyl adjacent to an activating group) is 1. The molecule has 1 N–H and O–H groups in total. The molecule has 0 radical (unpaired) electrons. The van der Waals surface area contributed by atoms with E-state index in [9.17, 15) is 0 Å². The standard InChI is InChI=1S/C23H28N4O3/c1-26-4-7-29-10-11-30-20-14-18(13-19(15-20)27-5-8-28-9-6-27)23-21-12-17(16-26)2-3-22(21)24-25-23/h2-3,12-15H,4-11,16H2,1H3,(H,24,25). The Balaban J connectivity index is 1.59. The lowest BCUT2D eigenvalue weighted by Gasteiger charge is -2.29. The number of hydrogen-bond donors (Lipinski definition) is 1. The largest absolute Gasteiger partial charge is 0.491 e. The van der Waals surface area contributed by atoms with Gasteiger partial charge in [-0.15, -0.1) is 0 Å². The molecule has 2 aromatic carbocycles. The maximum Gasteiger partial charge on any atom is 0.122 e. The summed E-state index contributed by atoms with van der Waals surface area (Å²) in [5, 5.41) is 9.00. The van der Waals surface area contributed by atoms with Crippen molar-refractivity contribution in [3.63, 3.8) is 0 Å². The van der Waals surface area contributed by atoms with E-state index in [2.05, 4.69) is 63.4 Å². The van der Waals surface area contributed by atoms with Crippen LogP contribution in [0.4, 0.5) is 5.69 Å². The van der Waals surface area contributed by atoms with Gasteiger partial charge in [-0.25, -0.2) is 0 Å². The SMILES string of the molecule is CN1CCOCCOc2cc(cc(N3CCOCC3)c2)-c2n[nH]c3ccc(cc23)C1. The molecule has 0 aliphatic carbocycles. The number of nitrogens with zero attached hydrogens (tertiary/aromatic N) is 3. The molecule has 1 fully saturated rings. The lowest BCUT2D eigenvalue weighted by Crippen LogP contribution is -2.36. The normalized spacial score (nSPS) is 18.8. The maximum atomic E-state index is 6.07. The van der Waals surface area contributed by atoms with Crippen molar-refractivity contribution in [2.24, 2.45) is 0 Å². The van der Waals surface area contributed by atoms with Gasteiger partial charge in [0.15, 0.2) is 0 Å². The van der Waals surface area contributed by atoms with E-state index in [1.807, 2.05) is 0 Å². The molecule has 7 heteroatoms. The summed E-state index contributed by atoms with van der Waals surface area (Å²) in [7, 11) is 2.12. The van der Waals surface area contributed by atoms with Crippen LogP contribution in [-0.4, -0.2) is 74.8 Å². The van der Waals surface area contributed by atoms with Crippen molar-refractivity contribution in [3.05, 3.63) is 42.0 Å². The first-order valence-electron chi connectivity index (χ1n) is 10.6. The van der Waals surface area contributed by atoms with Crippen LogP contribution < -0.4 is 9.64 Å². The van der Waals surface area contributed by atoms with E-state index < -0.39 is 0 Å². The Morgan fingerprint density at radius 3 is 2.63 bits per heavy atom. The van der Waals surface area contributed by atoms with Gasteiger partial charge in [0.2, 0.25) is 0 Å². The number of nitrogens with one attached hydrogen (secondary N) is 1. The van der Waals surface area contributed by atoms with Crippen LogP contribution in [0.2, 0.25) is 0 Å². The van der Waals surface area contributed by atoms with E-state index in [1.54, 1.807) is 0 Å². The second-order valence-electron chi connectivity index (χ2n) is 7.97. The van der Waals surface area contributed by atoms with Gasteiger partial charge < -0.3 is 19.1 Å². The van der Waals surface area contributed by atoms with Gasteiger partial charge in [0.25, 0.3) is 0 Å². The highest BCUT2D eigenvalue weighted by molar-refractivity contribution is 5.94. The summed E-state index contributed by atoms with van der Waals surface area (Å²) in [6.45, 7) is 6.80. The average Bonchev–Trinajstić information content (AvgIpc) is 3.19. The number of fused-ring (bicyclic) bond motifs is 4. The van der Waals surface area contributed by atoms with Gasteiger partial charge in [0.1, 0.15) is 18.1 Å². The molecule has 7 nitrogen and oxygen atoms in total. The molecule has 3 aromatic rings. The van der Waals surface area contributed by atoms with Crippen LogP contribution >= 0.6 is 0 Å². The first-order chi connectivity index (χ1) is 14.8. The lowest BCUT2D eigenvalue weighted by atomic mass is 10.0. The molecule has 30 heavy (non-hydrogen) atoms. The molecule has 2 aliphatic heterocycles. The first kappa shape index (κ1) is 19.4. The number of hydrogen-bond acceptors (Lipinski definition) is 6. The number of aromatic nitrogens is 2. The van der Waals surface area contributed by atoms with Crippen LogP contribution in [0.5, 0.6) is 5.75 Å². The monoisotopic (exact) mass is 408 g/mol. The Bertz CT molecular complexity index is 1010. The average molecular weight is 409 g/mol. The second-order valence-corrected chi connectivity index (χ2v) is 7.97. The minimum absolute atomic E-state index is 0.527. The molecule has 0 atom stereocenters. The molecule has 5 rings (SSSR count). The van der Waals surface area contributed by atoms with E-state index in [1.165, 1.54) is 5.56 Å². The molecule has 4 bridgehead atoms. The van der Waals surface area contributed by atoms with Crippen LogP contribution in [0.25, 0.3) is 22.2 Å². The minimum atomic E-state index is 0.527. The summed E-state index contributed by atoms with van der Waals surface area (Å²) in [6.07, 6.45) is 0. The molecule has 1 saturated heterocycles. The number of aromatic amines is 1. The number of rotatable bonds is 1. The van der Waals surface area contributed by atoms with Crippen molar-refractivity contribution in [2.75, 3.05) is 64.6 Å². The Kier molecular flexibility index (Phi) is 5.57. The molecule has 0 amide bonds. The fraction of sp³-hybridized carbons (Fsp3) is 0.435. The summed E-state index contributed by atoms with van der Waals surface area (Å²) in [5.41, 5.74) is 5.47. The zero-order valence-corrected chi connectivity index (χ0v) is 17.4. The quantitative estimate of drug-likeness (QED) is 0.668. The summed E-state index contributed by atoms with van der Waals surface area (Å²) >= 11 is 0. The molecular formula is C23H28N4O3. The van der Waals surface area contributed by atoms with Crippen molar-refractivity contribution in [2.45, 2.75) is 6.54 Å². The van der Waals surface area contributed by atoms with Crippen molar-refractivity contribution in [3.8, 4) is 17.0 Å². The zero-order chi connectivity index (χ0) is 20.3. The molecule has 1 aromatic heterocycles. The van der Waals surface area contributed by atoms with Gasteiger partial charge in [0, 0.05) is 48.9 Å². The smallest absolute Gasteiger partial charge is 0.122 e. The fourth-order valence-corrected chi connectivity index (χ4v) is 4.12. The summed E-state index contributed by atoms with van der Waals surface area (Å²) in [6, 6.07) is 12.9. The Morgan fingerprint density at radius 1 is 0.900 bits per heavy atom. The second kappa shape index (κ2) is 8.63. The summed E-state index contributed by atoms with van der Waals surface area (Å²) in [4.78, 5) is 4.62. The van der Waals surface area contributed by atoms with Crippen molar-refractivity contribution < 1.29 is 14.2 Å². The van der Waals surface area contributed by atoms with Crippen molar-refractivity contribution in [1.82, 2.24) is 15.1 Å². The first-order valence-corrected chi connectivity index (χ1v) is 10.6. The molecule has 158 valence electrons. The van der Waals surface area contributed by atoms with Gasteiger partial charge >= 0.3 is 0 Å². The molecule has 3 heterocycles. The van der Waals surface area contributed by atoms with Gasteiger partial charge in [-0.1, -0.05) is 6.07 Å². The highest BCUT2D eigenvalue weighted by Crippen LogP contribution is 2.34. The number of benzene rings is 2. The van der Waals surface area contributed by atoms with E-state index in [-0.39, 0.29) is 0 Å². The van der Waals surface area contributed by atoms with E-state index in [0.717, 1.165) is 73.0 Å². The summed E-state index contributed by atoms with van der Waals surface area (Å²) in [5.74, 6) is 0.844. The number of morpholine rings is 1. The predicted octanol–water partition coefficient (Wildman–Crippen LogP) is 2.91. The Morgan fingerprint density at radius 2 is 1.73 bits per heavy atom. The van der Waals surface area contributed by atoms with Gasteiger partial charge in [-0.2, -0.15) is 5.10 Å². The van der Waals surface area contributed by atoms with Crippen LogP contribution in [0.3, 0.4) is 0 Å². The Hall–Kier alpha value is -2.61. The van der Waals surface area contributed by atoms with Gasteiger partial charge in [0.05, 0.1) is 31.9 Å². The third kappa shape index (κ3) is 4.14. The van der Waals surface area contributed by atoms with Crippen LogP contribution in [0.15, 0.2) is 36.4 Å². The predicted molar refractivity (Wildman–Crippen MR) is 117 cm³/mol. The molecular weight excluding hydrogens is 380 g/mol.